The Morgan fingerprint density at radius 3 is 2.50 bits per heavy atom. The maximum absolute atomic E-state index is 9.44. The Balaban J connectivity index is 1.74. The minimum atomic E-state index is -0.814. The molecule has 3 rings (SSSR count). The number of aliphatic hydroxyl groups is 2. The lowest BCUT2D eigenvalue weighted by Gasteiger charge is -2.36. The van der Waals surface area contributed by atoms with Crippen LogP contribution in [0.25, 0.3) is 0 Å². The first-order valence-electron chi connectivity index (χ1n) is 9.47. The van der Waals surface area contributed by atoms with Crippen molar-refractivity contribution in [3.05, 3.63) is 11.1 Å². The van der Waals surface area contributed by atoms with Gasteiger partial charge in [0.2, 0.25) is 0 Å². The van der Waals surface area contributed by atoms with Crippen LogP contribution in [0.3, 0.4) is 0 Å². The third-order valence-corrected chi connectivity index (χ3v) is 6.23. The van der Waals surface area contributed by atoms with Crippen LogP contribution in [0.2, 0.25) is 0 Å². The van der Waals surface area contributed by atoms with Crippen LogP contribution >= 0.6 is 0 Å². The van der Waals surface area contributed by atoms with Gasteiger partial charge in [-0.25, -0.2) is 0 Å². The Morgan fingerprint density at radius 1 is 1.29 bits per heavy atom. The summed E-state index contributed by atoms with van der Waals surface area (Å²) in [5.74, 6) is 3.10. The molecule has 0 amide bonds. The predicted molar refractivity (Wildman–Crippen MR) is 93.3 cm³/mol. The van der Waals surface area contributed by atoms with Gasteiger partial charge in [0, 0.05) is 0 Å². The van der Waals surface area contributed by atoms with Crippen molar-refractivity contribution in [3.8, 4) is 0 Å². The van der Waals surface area contributed by atoms with Gasteiger partial charge in [-0.3, -0.25) is 0 Å². The molecule has 4 nitrogen and oxygen atoms in total. The molecular weight excluding hydrogens is 304 g/mol. The van der Waals surface area contributed by atoms with E-state index >= 15 is 0 Å². The monoisotopic (exact) mass is 338 g/mol. The Morgan fingerprint density at radius 2 is 1.96 bits per heavy atom. The zero-order chi connectivity index (χ0) is 17.8. The summed E-state index contributed by atoms with van der Waals surface area (Å²) in [7, 11) is 0. The average Bonchev–Trinajstić information content (AvgIpc) is 3.14. The van der Waals surface area contributed by atoms with Gasteiger partial charge >= 0.3 is 0 Å². The summed E-state index contributed by atoms with van der Waals surface area (Å²) >= 11 is 0. The van der Waals surface area contributed by atoms with Crippen LogP contribution in [0.1, 0.15) is 48.0 Å². The van der Waals surface area contributed by atoms with E-state index in [4.69, 9.17) is 14.6 Å². The van der Waals surface area contributed by atoms with Crippen molar-refractivity contribution in [2.24, 2.45) is 35.0 Å². The van der Waals surface area contributed by atoms with E-state index in [2.05, 4.69) is 41.5 Å². The highest BCUT2D eigenvalue weighted by molar-refractivity contribution is 5.37. The third-order valence-electron chi connectivity index (χ3n) is 6.23. The lowest BCUT2D eigenvalue weighted by atomic mass is 9.69. The van der Waals surface area contributed by atoms with E-state index in [9.17, 15) is 5.11 Å². The molecule has 1 heterocycles. The fraction of sp³-hybridized carbons (Fsp3) is 0.900. The molecule has 3 aliphatic rings. The minimum Gasteiger partial charge on any atom is -0.394 e. The summed E-state index contributed by atoms with van der Waals surface area (Å²) in [6, 6.07) is 0. The van der Waals surface area contributed by atoms with Crippen LogP contribution in [0.4, 0.5) is 0 Å². The van der Waals surface area contributed by atoms with Gasteiger partial charge in [0.15, 0.2) is 6.29 Å². The second-order valence-corrected chi connectivity index (χ2v) is 9.30. The highest BCUT2D eigenvalue weighted by Crippen LogP contribution is 2.63. The largest absolute Gasteiger partial charge is 0.394 e. The lowest BCUT2D eigenvalue weighted by Crippen LogP contribution is -2.29. The Labute approximate surface area is 146 Å². The van der Waals surface area contributed by atoms with E-state index in [0.717, 1.165) is 0 Å². The van der Waals surface area contributed by atoms with Gasteiger partial charge in [-0.05, 0) is 41.4 Å². The van der Waals surface area contributed by atoms with Gasteiger partial charge in [0.1, 0.15) is 12.2 Å². The molecule has 7 unspecified atom stereocenters. The zero-order valence-electron chi connectivity index (χ0n) is 16.0. The minimum absolute atomic E-state index is 0.146. The van der Waals surface area contributed by atoms with Crippen molar-refractivity contribution < 1.29 is 19.7 Å². The summed E-state index contributed by atoms with van der Waals surface area (Å²) in [5.41, 5.74) is 3.56. The molecule has 2 N–H and O–H groups in total. The second-order valence-electron chi connectivity index (χ2n) is 9.30. The van der Waals surface area contributed by atoms with Crippen LogP contribution in [0.15, 0.2) is 11.1 Å². The number of hydrogen-bond acceptors (Lipinski definition) is 4. The van der Waals surface area contributed by atoms with Crippen molar-refractivity contribution in [2.75, 3.05) is 13.2 Å². The van der Waals surface area contributed by atoms with E-state index in [1.807, 2.05) is 0 Å². The average molecular weight is 338 g/mol. The molecule has 1 saturated carbocycles. The van der Waals surface area contributed by atoms with E-state index in [0.29, 0.717) is 29.6 Å². The molecule has 1 aliphatic heterocycles. The van der Waals surface area contributed by atoms with Crippen LogP contribution in [0.5, 0.6) is 0 Å². The van der Waals surface area contributed by atoms with Crippen LogP contribution in [-0.2, 0) is 9.47 Å². The summed E-state index contributed by atoms with van der Waals surface area (Å²) in [5, 5.41) is 18.3. The quantitative estimate of drug-likeness (QED) is 0.577. The van der Waals surface area contributed by atoms with Gasteiger partial charge < -0.3 is 19.7 Å². The Bertz CT molecular complexity index is 504. The molecule has 0 radical (unpaired) electrons. The van der Waals surface area contributed by atoms with Crippen molar-refractivity contribution in [1.82, 2.24) is 0 Å². The first-order chi connectivity index (χ1) is 11.2. The standard InChI is InChI=1S/C20H34O4/c1-10(2)15-13-7-14(16(11(13)3)17(15)20(4,5)6)18-19(24-18)23-9-12(22)8-21/h10-14,16,18-19,21-22H,7-9H2,1-6H3. The van der Waals surface area contributed by atoms with E-state index in [1.165, 1.54) is 6.42 Å². The first kappa shape index (κ1) is 18.4. The third kappa shape index (κ3) is 3.07. The molecular formula is C20H34O4. The molecule has 7 atom stereocenters. The maximum atomic E-state index is 9.44. The molecule has 0 aromatic carbocycles. The number of allylic oxidation sites excluding steroid dienone is 2. The highest BCUT2D eigenvalue weighted by atomic mass is 16.8. The smallest absolute Gasteiger partial charge is 0.184 e. The van der Waals surface area contributed by atoms with Crippen molar-refractivity contribution in [1.29, 1.82) is 0 Å². The number of ether oxygens (including phenoxy) is 2. The summed E-state index contributed by atoms with van der Waals surface area (Å²) < 4.78 is 11.4. The van der Waals surface area contributed by atoms with Crippen LogP contribution in [0, 0.1) is 35.0 Å². The summed E-state index contributed by atoms with van der Waals surface area (Å²) in [6.45, 7) is 14.0. The molecule has 24 heavy (non-hydrogen) atoms. The van der Waals surface area contributed by atoms with Gasteiger partial charge in [-0.15, -0.1) is 0 Å². The lowest BCUT2D eigenvalue weighted by molar-refractivity contribution is -0.0276. The number of epoxide rings is 1. The van der Waals surface area contributed by atoms with Crippen molar-refractivity contribution >= 4 is 0 Å². The molecule has 0 aromatic rings. The Hall–Kier alpha value is -0.420. The highest BCUT2D eigenvalue weighted by Gasteiger charge is 2.60. The van der Waals surface area contributed by atoms with Gasteiger partial charge in [-0.2, -0.15) is 0 Å². The molecule has 4 heteroatoms. The summed E-state index contributed by atoms with van der Waals surface area (Å²) in [6.07, 6.45) is 0.337. The summed E-state index contributed by atoms with van der Waals surface area (Å²) in [4.78, 5) is 0. The fourth-order valence-electron chi connectivity index (χ4n) is 5.39. The SMILES string of the molecule is CC(C)C1=C(C(C)(C)C)C2C(C)C1CC2C1OC1OCC(O)CO. The van der Waals surface area contributed by atoms with Gasteiger partial charge in [0.25, 0.3) is 0 Å². The van der Waals surface area contributed by atoms with Crippen molar-refractivity contribution in [3.63, 3.8) is 0 Å². The first-order valence-corrected chi connectivity index (χ1v) is 9.47. The second kappa shape index (κ2) is 6.39. The van der Waals surface area contributed by atoms with Crippen LogP contribution < -0.4 is 0 Å². The maximum Gasteiger partial charge on any atom is 0.184 e. The zero-order valence-corrected chi connectivity index (χ0v) is 16.0. The number of fused-ring (bicyclic) bond motifs is 2. The predicted octanol–water partition coefficient (Wildman–Crippen LogP) is 2.98. The van der Waals surface area contributed by atoms with E-state index < -0.39 is 6.10 Å². The molecule has 2 bridgehead atoms. The van der Waals surface area contributed by atoms with E-state index in [1.54, 1.807) is 11.1 Å². The number of rotatable bonds is 6. The normalized spacial score (nSPS) is 39.9. The van der Waals surface area contributed by atoms with Gasteiger partial charge in [-0.1, -0.05) is 52.7 Å². The Kier molecular flexibility index (Phi) is 4.89. The number of hydrogen-bond donors (Lipinski definition) is 2. The number of aliphatic hydroxyl groups excluding tert-OH is 2. The topological polar surface area (TPSA) is 62.2 Å². The molecule has 2 aliphatic carbocycles. The molecule has 0 spiro atoms. The fourth-order valence-corrected chi connectivity index (χ4v) is 5.39. The van der Waals surface area contributed by atoms with E-state index in [-0.39, 0.29) is 31.0 Å². The molecule has 1 saturated heterocycles. The molecule has 0 aromatic heterocycles. The molecule has 138 valence electrons. The van der Waals surface area contributed by atoms with Crippen molar-refractivity contribution in [2.45, 2.75) is 66.5 Å². The van der Waals surface area contributed by atoms with Gasteiger partial charge in [0.05, 0.1) is 13.2 Å². The van der Waals surface area contributed by atoms with Crippen LogP contribution in [-0.4, -0.2) is 41.9 Å². The molecule has 2 fully saturated rings.